The van der Waals surface area contributed by atoms with Crippen LogP contribution in [-0.2, 0) is 6.54 Å². The number of β-amino-alcohol motifs (C(OH)–C–C–N with tert-alkyl or cyclic N) is 1. The van der Waals surface area contributed by atoms with E-state index in [4.69, 9.17) is 4.52 Å². The molecular formula is C9H12N6O2. The van der Waals surface area contributed by atoms with E-state index in [0.717, 1.165) is 13.0 Å². The van der Waals surface area contributed by atoms with E-state index >= 15 is 0 Å². The number of H-pyrrole nitrogens is 1. The van der Waals surface area contributed by atoms with E-state index in [9.17, 15) is 5.11 Å². The maximum absolute atomic E-state index is 9.40. The molecule has 0 amide bonds. The van der Waals surface area contributed by atoms with Crippen molar-refractivity contribution in [2.75, 3.05) is 13.1 Å². The van der Waals surface area contributed by atoms with Crippen LogP contribution in [0.4, 0.5) is 0 Å². The lowest BCUT2D eigenvalue weighted by Gasteiger charge is -2.10. The molecule has 90 valence electrons. The molecule has 1 saturated heterocycles. The van der Waals surface area contributed by atoms with Gasteiger partial charge in [0.2, 0.25) is 11.7 Å². The van der Waals surface area contributed by atoms with Gasteiger partial charge in [-0.1, -0.05) is 5.16 Å². The number of aliphatic hydroxyl groups is 1. The molecule has 3 rings (SSSR count). The fraction of sp³-hybridized carbons (Fsp3) is 0.556. The van der Waals surface area contributed by atoms with E-state index < -0.39 is 0 Å². The summed E-state index contributed by atoms with van der Waals surface area (Å²) < 4.78 is 5.11. The number of nitrogens with one attached hydrogen (secondary N) is 1. The Hall–Kier alpha value is -1.80. The molecule has 0 radical (unpaired) electrons. The van der Waals surface area contributed by atoms with Crippen molar-refractivity contribution in [3.63, 3.8) is 0 Å². The second-order valence-electron chi connectivity index (χ2n) is 4.02. The van der Waals surface area contributed by atoms with Crippen molar-refractivity contribution in [3.8, 4) is 11.6 Å². The highest BCUT2D eigenvalue weighted by atomic mass is 16.5. The number of rotatable bonds is 3. The quantitative estimate of drug-likeness (QED) is 0.734. The number of likely N-dealkylation sites (tertiary alicyclic amines) is 1. The van der Waals surface area contributed by atoms with Crippen LogP contribution in [0.25, 0.3) is 11.6 Å². The molecule has 1 aliphatic rings. The topological polar surface area (TPSA) is 104 Å². The number of aliphatic hydroxyl groups excluding tert-OH is 1. The summed E-state index contributed by atoms with van der Waals surface area (Å²) in [4.78, 5) is 10.2. The SMILES string of the molecule is OC1CCN(Cc2nc(-c3ncn[nH]3)no2)C1. The van der Waals surface area contributed by atoms with Gasteiger partial charge in [-0.3, -0.25) is 10.00 Å². The van der Waals surface area contributed by atoms with Gasteiger partial charge in [0.1, 0.15) is 6.33 Å². The molecule has 3 heterocycles. The second-order valence-corrected chi connectivity index (χ2v) is 4.02. The molecule has 1 unspecified atom stereocenters. The zero-order chi connectivity index (χ0) is 11.7. The highest BCUT2D eigenvalue weighted by Gasteiger charge is 2.22. The third-order valence-corrected chi connectivity index (χ3v) is 2.70. The largest absolute Gasteiger partial charge is 0.392 e. The minimum atomic E-state index is -0.244. The van der Waals surface area contributed by atoms with Crippen LogP contribution >= 0.6 is 0 Å². The van der Waals surface area contributed by atoms with Crippen LogP contribution in [-0.4, -0.2) is 54.5 Å². The van der Waals surface area contributed by atoms with Crippen molar-refractivity contribution >= 4 is 0 Å². The Labute approximate surface area is 96.7 Å². The number of hydrogen-bond donors (Lipinski definition) is 2. The molecule has 2 aromatic rings. The molecule has 0 spiro atoms. The number of hydrogen-bond acceptors (Lipinski definition) is 7. The van der Waals surface area contributed by atoms with Crippen molar-refractivity contribution < 1.29 is 9.63 Å². The Bertz CT molecular complexity index is 481. The van der Waals surface area contributed by atoms with E-state index in [1.54, 1.807) is 0 Å². The van der Waals surface area contributed by atoms with E-state index in [2.05, 4.69) is 30.2 Å². The summed E-state index contributed by atoms with van der Waals surface area (Å²) in [5.41, 5.74) is 0. The van der Waals surface area contributed by atoms with Crippen molar-refractivity contribution in [2.45, 2.75) is 19.1 Å². The average Bonchev–Trinajstić information content (AvgIpc) is 3.00. The van der Waals surface area contributed by atoms with Gasteiger partial charge in [-0.15, -0.1) is 0 Å². The monoisotopic (exact) mass is 236 g/mol. The maximum atomic E-state index is 9.40. The van der Waals surface area contributed by atoms with Crippen molar-refractivity contribution in [1.82, 2.24) is 30.2 Å². The molecule has 17 heavy (non-hydrogen) atoms. The van der Waals surface area contributed by atoms with E-state index in [1.165, 1.54) is 6.33 Å². The first-order valence-electron chi connectivity index (χ1n) is 5.40. The fourth-order valence-electron chi connectivity index (χ4n) is 1.88. The molecule has 2 N–H and O–H groups in total. The molecule has 1 aliphatic heterocycles. The van der Waals surface area contributed by atoms with E-state index in [1.807, 2.05) is 0 Å². The highest BCUT2D eigenvalue weighted by molar-refractivity contribution is 5.39. The van der Waals surface area contributed by atoms with Gasteiger partial charge >= 0.3 is 0 Å². The summed E-state index contributed by atoms with van der Waals surface area (Å²) in [6, 6.07) is 0. The average molecular weight is 236 g/mol. The third-order valence-electron chi connectivity index (χ3n) is 2.70. The number of nitrogens with zero attached hydrogens (tertiary/aromatic N) is 5. The zero-order valence-electron chi connectivity index (χ0n) is 9.07. The summed E-state index contributed by atoms with van der Waals surface area (Å²) in [5, 5.41) is 19.6. The van der Waals surface area contributed by atoms with Gasteiger partial charge in [-0.05, 0) is 6.42 Å². The Morgan fingerprint density at radius 2 is 2.53 bits per heavy atom. The summed E-state index contributed by atoms with van der Waals surface area (Å²) >= 11 is 0. The number of aromatic nitrogens is 5. The Kier molecular flexibility index (Phi) is 2.57. The van der Waals surface area contributed by atoms with Gasteiger partial charge in [0, 0.05) is 13.1 Å². The fourth-order valence-corrected chi connectivity index (χ4v) is 1.88. The van der Waals surface area contributed by atoms with Crippen molar-refractivity contribution in [1.29, 1.82) is 0 Å². The second kappa shape index (κ2) is 4.22. The lowest BCUT2D eigenvalue weighted by molar-refractivity contribution is 0.169. The smallest absolute Gasteiger partial charge is 0.241 e. The lowest BCUT2D eigenvalue weighted by Crippen LogP contribution is -2.21. The standard InChI is InChI=1S/C9H12N6O2/c16-6-1-2-15(3-6)4-7-12-9(14-17-7)8-10-5-11-13-8/h5-6,16H,1-4H2,(H,10,11,13). The normalized spacial score (nSPS) is 21.1. The molecule has 1 fully saturated rings. The summed E-state index contributed by atoms with van der Waals surface area (Å²) in [7, 11) is 0. The van der Waals surface area contributed by atoms with Crippen LogP contribution in [0.5, 0.6) is 0 Å². The summed E-state index contributed by atoms with van der Waals surface area (Å²) in [5.74, 6) is 1.41. The van der Waals surface area contributed by atoms with Crippen LogP contribution in [0.1, 0.15) is 12.3 Å². The van der Waals surface area contributed by atoms with E-state index in [-0.39, 0.29) is 6.10 Å². The van der Waals surface area contributed by atoms with Crippen LogP contribution in [0.2, 0.25) is 0 Å². The first-order valence-corrected chi connectivity index (χ1v) is 5.40. The highest BCUT2D eigenvalue weighted by Crippen LogP contribution is 2.14. The summed E-state index contributed by atoms with van der Waals surface area (Å²) in [6.45, 7) is 2.05. The van der Waals surface area contributed by atoms with Crippen molar-refractivity contribution in [3.05, 3.63) is 12.2 Å². The van der Waals surface area contributed by atoms with Gasteiger partial charge in [0.05, 0.1) is 12.6 Å². The maximum Gasteiger partial charge on any atom is 0.241 e. The van der Waals surface area contributed by atoms with Gasteiger partial charge < -0.3 is 9.63 Å². The van der Waals surface area contributed by atoms with Gasteiger partial charge in [0.25, 0.3) is 0 Å². The van der Waals surface area contributed by atoms with Gasteiger partial charge in [-0.2, -0.15) is 10.1 Å². The predicted molar refractivity (Wildman–Crippen MR) is 55.6 cm³/mol. The van der Waals surface area contributed by atoms with Crippen LogP contribution in [0.3, 0.4) is 0 Å². The van der Waals surface area contributed by atoms with E-state index in [0.29, 0.717) is 30.6 Å². The zero-order valence-corrected chi connectivity index (χ0v) is 9.07. The summed E-state index contributed by atoms with van der Waals surface area (Å²) in [6.07, 6.45) is 1.94. The molecule has 8 heteroatoms. The Balaban J connectivity index is 1.69. The molecule has 0 aromatic carbocycles. The molecule has 8 nitrogen and oxygen atoms in total. The van der Waals surface area contributed by atoms with Crippen LogP contribution in [0, 0.1) is 0 Å². The minimum Gasteiger partial charge on any atom is -0.392 e. The molecule has 1 atom stereocenters. The molecule has 2 aromatic heterocycles. The number of aromatic amines is 1. The first-order chi connectivity index (χ1) is 8.31. The Morgan fingerprint density at radius 1 is 1.59 bits per heavy atom. The molecule has 0 aliphatic carbocycles. The lowest BCUT2D eigenvalue weighted by atomic mass is 10.3. The van der Waals surface area contributed by atoms with Gasteiger partial charge in [0.15, 0.2) is 5.82 Å². The van der Waals surface area contributed by atoms with Crippen molar-refractivity contribution in [2.24, 2.45) is 0 Å². The van der Waals surface area contributed by atoms with Gasteiger partial charge in [-0.25, -0.2) is 4.98 Å². The molecule has 0 saturated carbocycles. The predicted octanol–water partition coefficient (Wildman–Crippen LogP) is -0.579. The molecular weight excluding hydrogens is 224 g/mol. The first kappa shape index (κ1) is 10.4. The van der Waals surface area contributed by atoms with Crippen LogP contribution < -0.4 is 0 Å². The minimum absolute atomic E-state index is 0.244. The van der Waals surface area contributed by atoms with Crippen LogP contribution in [0.15, 0.2) is 10.9 Å². The molecule has 0 bridgehead atoms. The third kappa shape index (κ3) is 2.17. The Morgan fingerprint density at radius 3 is 3.24 bits per heavy atom.